The van der Waals surface area contributed by atoms with Crippen LogP contribution >= 0.6 is 38.5 Å². The fourth-order valence-corrected chi connectivity index (χ4v) is 5.72. The molecule has 0 fully saturated rings. The van der Waals surface area contributed by atoms with Crippen molar-refractivity contribution in [2.24, 2.45) is 0 Å². The number of esters is 1. The lowest BCUT2D eigenvalue weighted by Gasteiger charge is -2.12. The monoisotopic (exact) mass is 533 g/mol. The molecular formula is C17H13BrINO4S. The largest absolute Gasteiger partial charge is 0.465 e. The van der Waals surface area contributed by atoms with Gasteiger partial charge in [-0.25, -0.2) is 17.2 Å². The zero-order valence-corrected chi connectivity index (χ0v) is 17.8. The number of carbonyl (C=O) groups is 1. The molecule has 0 aliphatic heterocycles. The number of rotatable bonds is 3. The first-order valence-electron chi connectivity index (χ1n) is 7.17. The van der Waals surface area contributed by atoms with Gasteiger partial charge in [-0.1, -0.05) is 33.6 Å². The van der Waals surface area contributed by atoms with E-state index < -0.39 is 16.0 Å². The van der Waals surface area contributed by atoms with E-state index in [2.05, 4.69) is 15.9 Å². The van der Waals surface area contributed by atoms with Crippen LogP contribution in [-0.2, 0) is 14.8 Å². The van der Waals surface area contributed by atoms with Crippen molar-refractivity contribution in [1.29, 1.82) is 0 Å². The third kappa shape index (κ3) is 3.11. The molecule has 0 aliphatic carbocycles. The molecule has 0 aliphatic rings. The van der Waals surface area contributed by atoms with Crippen molar-refractivity contribution in [2.45, 2.75) is 11.8 Å². The maximum absolute atomic E-state index is 13.2. The smallest absolute Gasteiger partial charge is 0.340 e. The molecule has 3 rings (SSSR count). The van der Waals surface area contributed by atoms with Gasteiger partial charge < -0.3 is 4.74 Å². The number of fused-ring (bicyclic) bond motifs is 1. The van der Waals surface area contributed by atoms with Crippen molar-refractivity contribution >= 4 is 65.4 Å². The summed E-state index contributed by atoms with van der Waals surface area (Å²) in [5, 5.41) is 0.628. The van der Waals surface area contributed by atoms with Gasteiger partial charge in [0.1, 0.15) is 0 Å². The quantitative estimate of drug-likeness (QED) is 0.371. The molecule has 1 aromatic heterocycles. The topological polar surface area (TPSA) is 65.4 Å². The van der Waals surface area contributed by atoms with Crippen LogP contribution in [0.25, 0.3) is 10.9 Å². The summed E-state index contributed by atoms with van der Waals surface area (Å²) < 4.78 is 33.6. The van der Waals surface area contributed by atoms with Crippen molar-refractivity contribution in [3.8, 4) is 0 Å². The molecule has 2 aromatic carbocycles. The van der Waals surface area contributed by atoms with Gasteiger partial charge in [-0.2, -0.15) is 0 Å². The van der Waals surface area contributed by atoms with Gasteiger partial charge in [0, 0.05) is 9.86 Å². The first-order valence-corrected chi connectivity index (χ1v) is 10.5. The second kappa shape index (κ2) is 6.73. The minimum atomic E-state index is -3.87. The van der Waals surface area contributed by atoms with Crippen LogP contribution in [0.2, 0.25) is 0 Å². The Kier molecular flexibility index (Phi) is 4.95. The lowest BCUT2D eigenvalue weighted by molar-refractivity contribution is 0.0602. The van der Waals surface area contributed by atoms with E-state index in [-0.39, 0.29) is 10.5 Å². The van der Waals surface area contributed by atoms with Crippen molar-refractivity contribution in [3.05, 3.63) is 61.8 Å². The van der Waals surface area contributed by atoms with Crippen molar-refractivity contribution < 1.29 is 17.9 Å². The summed E-state index contributed by atoms with van der Waals surface area (Å²) in [6.45, 7) is 1.89. The van der Waals surface area contributed by atoms with Crippen LogP contribution in [0.15, 0.2) is 51.8 Å². The summed E-state index contributed by atoms with van der Waals surface area (Å²) in [5.74, 6) is -0.590. The number of ether oxygens (including phenoxy) is 1. The summed E-state index contributed by atoms with van der Waals surface area (Å²) in [6, 6.07) is 11.6. The van der Waals surface area contributed by atoms with Gasteiger partial charge in [0.2, 0.25) is 0 Å². The van der Waals surface area contributed by atoms with Crippen molar-refractivity contribution in [1.82, 2.24) is 3.97 Å². The van der Waals surface area contributed by atoms with Crippen LogP contribution in [0.4, 0.5) is 0 Å². The Morgan fingerprint density at radius 1 is 1.16 bits per heavy atom. The molecule has 0 amide bonds. The lowest BCUT2D eigenvalue weighted by Crippen LogP contribution is -2.16. The summed E-state index contributed by atoms with van der Waals surface area (Å²) >= 11 is 5.37. The highest BCUT2D eigenvalue weighted by Crippen LogP contribution is 2.34. The van der Waals surface area contributed by atoms with Crippen molar-refractivity contribution in [3.63, 3.8) is 0 Å². The summed E-state index contributed by atoms with van der Waals surface area (Å²) in [4.78, 5) is 12.3. The Labute approximate surface area is 167 Å². The highest BCUT2D eigenvalue weighted by Gasteiger charge is 2.26. The standard InChI is InChI=1S/C17H13BrINO4S/c1-10-3-5-11(6-4-10)25(22,23)20-15(19)9-13-14(18)8-7-12(16(13)20)17(21)24-2/h3-9H,1-2H3. The first-order chi connectivity index (χ1) is 11.8. The van der Waals surface area contributed by atoms with Gasteiger partial charge in [0.15, 0.2) is 0 Å². The second-order valence-corrected chi connectivity index (χ2v) is 9.14. The number of aryl methyl sites for hydroxylation is 1. The molecule has 0 atom stereocenters. The molecule has 0 saturated heterocycles. The number of hydrogen-bond donors (Lipinski definition) is 0. The van der Waals surface area contributed by atoms with Crippen LogP contribution in [0.3, 0.4) is 0 Å². The molecule has 5 nitrogen and oxygen atoms in total. The van der Waals surface area contributed by atoms with E-state index >= 15 is 0 Å². The van der Waals surface area contributed by atoms with Gasteiger partial charge in [-0.05, 0) is 59.8 Å². The van der Waals surface area contributed by atoms with E-state index in [1.54, 1.807) is 42.5 Å². The highest BCUT2D eigenvalue weighted by atomic mass is 127. The Bertz CT molecular complexity index is 1090. The predicted molar refractivity (Wildman–Crippen MR) is 107 cm³/mol. The van der Waals surface area contributed by atoms with Crippen LogP contribution in [0, 0.1) is 10.6 Å². The number of methoxy groups -OCH3 is 1. The second-order valence-electron chi connectivity index (χ2n) is 5.40. The third-order valence-electron chi connectivity index (χ3n) is 3.79. The Balaban J connectivity index is 2.40. The molecular weight excluding hydrogens is 521 g/mol. The number of carbonyl (C=O) groups excluding carboxylic acids is 1. The molecule has 25 heavy (non-hydrogen) atoms. The lowest BCUT2D eigenvalue weighted by atomic mass is 10.1. The van der Waals surface area contributed by atoms with E-state index in [0.717, 1.165) is 5.56 Å². The van der Waals surface area contributed by atoms with Crippen LogP contribution in [0.1, 0.15) is 15.9 Å². The van der Waals surface area contributed by atoms with E-state index in [0.29, 0.717) is 19.1 Å². The van der Waals surface area contributed by atoms with Gasteiger partial charge in [-0.15, -0.1) is 0 Å². The first kappa shape index (κ1) is 18.4. The third-order valence-corrected chi connectivity index (χ3v) is 7.33. The van der Waals surface area contributed by atoms with E-state index in [1.165, 1.54) is 11.1 Å². The Morgan fingerprint density at radius 3 is 2.40 bits per heavy atom. The Hall–Kier alpha value is -1.39. The minimum absolute atomic E-state index is 0.157. The average molecular weight is 534 g/mol. The van der Waals surface area contributed by atoms with Crippen LogP contribution < -0.4 is 0 Å². The molecule has 1 heterocycles. The van der Waals surface area contributed by atoms with Crippen LogP contribution in [-0.4, -0.2) is 25.5 Å². The SMILES string of the molecule is COC(=O)c1ccc(Br)c2cc(I)n(S(=O)(=O)c3ccc(C)cc3)c12. The molecule has 130 valence electrons. The average Bonchev–Trinajstić information content (AvgIpc) is 2.93. The molecule has 8 heteroatoms. The molecule has 3 aromatic rings. The number of benzene rings is 2. The fourth-order valence-electron chi connectivity index (χ4n) is 2.55. The molecule has 0 N–H and O–H groups in total. The minimum Gasteiger partial charge on any atom is -0.465 e. The van der Waals surface area contributed by atoms with Crippen LogP contribution in [0.5, 0.6) is 0 Å². The number of halogens is 2. The normalized spacial score (nSPS) is 11.7. The van der Waals surface area contributed by atoms with E-state index in [9.17, 15) is 13.2 Å². The molecule has 0 radical (unpaired) electrons. The van der Waals surface area contributed by atoms with Gasteiger partial charge in [0.25, 0.3) is 10.0 Å². The maximum atomic E-state index is 13.2. The summed E-state index contributed by atoms with van der Waals surface area (Å²) in [7, 11) is -2.60. The molecule has 0 unspecified atom stereocenters. The molecule has 0 saturated carbocycles. The Morgan fingerprint density at radius 2 is 1.80 bits per heavy atom. The summed E-state index contributed by atoms with van der Waals surface area (Å²) in [5.41, 5.74) is 1.45. The fraction of sp³-hybridized carbons (Fsp3) is 0.118. The number of hydrogen-bond acceptors (Lipinski definition) is 4. The summed E-state index contributed by atoms with van der Waals surface area (Å²) in [6.07, 6.45) is 0. The zero-order chi connectivity index (χ0) is 18.4. The molecule has 0 bridgehead atoms. The predicted octanol–water partition coefficient (Wildman–Crippen LogP) is 4.34. The number of aromatic nitrogens is 1. The van der Waals surface area contributed by atoms with Gasteiger partial charge >= 0.3 is 5.97 Å². The number of nitrogens with zero attached hydrogens (tertiary/aromatic N) is 1. The van der Waals surface area contributed by atoms with E-state index in [4.69, 9.17) is 4.74 Å². The van der Waals surface area contributed by atoms with Crippen molar-refractivity contribution in [2.75, 3.05) is 7.11 Å². The zero-order valence-electron chi connectivity index (χ0n) is 13.3. The maximum Gasteiger partial charge on any atom is 0.340 e. The van der Waals surface area contributed by atoms with Gasteiger partial charge in [0.05, 0.1) is 26.8 Å². The van der Waals surface area contributed by atoms with Gasteiger partial charge in [-0.3, -0.25) is 0 Å². The van der Waals surface area contributed by atoms with E-state index in [1.807, 2.05) is 29.5 Å². The highest BCUT2D eigenvalue weighted by molar-refractivity contribution is 14.1. The molecule has 0 spiro atoms.